The lowest BCUT2D eigenvalue weighted by Crippen LogP contribution is -2.32. The summed E-state index contributed by atoms with van der Waals surface area (Å²) in [5.74, 6) is 0.700. The molecule has 0 saturated carbocycles. The molecule has 5 heteroatoms. The highest BCUT2D eigenvalue weighted by Crippen LogP contribution is 1.99. The lowest BCUT2D eigenvalue weighted by molar-refractivity contribution is -0.145. The van der Waals surface area contributed by atoms with E-state index in [1.54, 1.807) is 18.7 Å². The minimum atomic E-state index is -0.629. The van der Waals surface area contributed by atoms with Gasteiger partial charge in [0.15, 0.2) is 0 Å². The monoisotopic (exact) mass is 235 g/mol. The van der Waals surface area contributed by atoms with Crippen molar-refractivity contribution in [2.45, 2.75) is 19.4 Å². The van der Waals surface area contributed by atoms with Crippen LogP contribution in [0.15, 0.2) is 0 Å². The second-order valence-corrected chi connectivity index (χ2v) is 4.40. The summed E-state index contributed by atoms with van der Waals surface area (Å²) in [6.07, 6.45) is 1.50. The van der Waals surface area contributed by atoms with Crippen molar-refractivity contribution < 1.29 is 14.6 Å². The molecule has 0 aliphatic rings. The maximum Gasteiger partial charge on any atom is 0.308 e. The average molecular weight is 235 g/mol. The number of hydrogen-bond acceptors (Lipinski definition) is 5. The summed E-state index contributed by atoms with van der Waals surface area (Å²) in [5.41, 5.74) is 0. The van der Waals surface area contributed by atoms with Crippen molar-refractivity contribution in [2.24, 2.45) is 0 Å². The molecule has 0 amide bonds. The number of thioether (sulfide) groups is 1. The van der Waals surface area contributed by atoms with Crippen LogP contribution in [-0.2, 0) is 9.53 Å². The summed E-state index contributed by atoms with van der Waals surface area (Å²) in [6.45, 7) is 3.56. The molecular formula is C10H21NO3S. The van der Waals surface area contributed by atoms with Gasteiger partial charge in [-0.05, 0) is 20.2 Å². The smallest absolute Gasteiger partial charge is 0.308 e. The van der Waals surface area contributed by atoms with Gasteiger partial charge in [-0.1, -0.05) is 0 Å². The molecule has 0 heterocycles. The van der Waals surface area contributed by atoms with Gasteiger partial charge >= 0.3 is 5.97 Å². The van der Waals surface area contributed by atoms with E-state index in [0.717, 1.165) is 12.3 Å². The van der Waals surface area contributed by atoms with Gasteiger partial charge in [0.1, 0.15) is 0 Å². The maximum absolute atomic E-state index is 11.0. The van der Waals surface area contributed by atoms with Gasteiger partial charge in [-0.2, -0.15) is 11.8 Å². The summed E-state index contributed by atoms with van der Waals surface area (Å²) >= 11 is 1.76. The number of rotatable bonds is 8. The zero-order valence-corrected chi connectivity index (χ0v) is 10.5. The van der Waals surface area contributed by atoms with Crippen LogP contribution in [0.3, 0.4) is 0 Å². The molecule has 0 saturated heterocycles. The Labute approximate surface area is 96.0 Å². The Kier molecular flexibility index (Phi) is 8.85. The number of aliphatic hydroxyl groups is 1. The fourth-order valence-corrected chi connectivity index (χ4v) is 1.67. The van der Waals surface area contributed by atoms with Crippen molar-refractivity contribution in [1.29, 1.82) is 0 Å². The number of likely N-dealkylation sites (N-methyl/N-ethyl adjacent to an activating group) is 1. The van der Waals surface area contributed by atoms with Crippen molar-refractivity contribution in [1.82, 2.24) is 4.90 Å². The summed E-state index contributed by atoms with van der Waals surface area (Å²) in [7, 11) is 1.94. The molecule has 1 atom stereocenters. The lowest BCUT2D eigenvalue weighted by Gasteiger charge is -2.19. The number of aliphatic hydroxyl groups excluding tert-OH is 1. The van der Waals surface area contributed by atoms with Crippen LogP contribution in [0.4, 0.5) is 0 Å². The van der Waals surface area contributed by atoms with Gasteiger partial charge in [0.05, 0.1) is 19.1 Å². The largest absolute Gasteiger partial charge is 0.466 e. The first-order chi connectivity index (χ1) is 7.10. The normalized spacial score (nSPS) is 12.9. The summed E-state index contributed by atoms with van der Waals surface area (Å²) < 4.78 is 4.75. The van der Waals surface area contributed by atoms with E-state index in [1.807, 2.05) is 18.2 Å². The minimum Gasteiger partial charge on any atom is -0.466 e. The number of esters is 1. The SMILES string of the molecule is CCOC(=O)CC(O)CN(C)CCSC. The van der Waals surface area contributed by atoms with Gasteiger partial charge in [-0.15, -0.1) is 0 Å². The van der Waals surface area contributed by atoms with E-state index in [0.29, 0.717) is 13.2 Å². The third-order valence-electron chi connectivity index (χ3n) is 1.91. The number of ether oxygens (including phenoxy) is 1. The summed E-state index contributed by atoms with van der Waals surface area (Å²) in [4.78, 5) is 13.1. The van der Waals surface area contributed by atoms with E-state index in [2.05, 4.69) is 0 Å². The molecule has 0 radical (unpaired) electrons. The molecule has 90 valence electrons. The molecule has 1 unspecified atom stereocenters. The van der Waals surface area contributed by atoms with Crippen LogP contribution in [0.5, 0.6) is 0 Å². The van der Waals surface area contributed by atoms with E-state index < -0.39 is 6.10 Å². The maximum atomic E-state index is 11.0. The van der Waals surface area contributed by atoms with Gasteiger partial charge in [-0.25, -0.2) is 0 Å². The van der Waals surface area contributed by atoms with Crippen molar-refractivity contribution in [3.05, 3.63) is 0 Å². The zero-order chi connectivity index (χ0) is 11.7. The molecular weight excluding hydrogens is 214 g/mol. The van der Waals surface area contributed by atoms with Crippen molar-refractivity contribution in [2.75, 3.05) is 38.8 Å². The second kappa shape index (κ2) is 9.00. The molecule has 0 aromatic heterocycles. The molecule has 0 spiro atoms. The van der Waals surface area contributed by atoms with E-state index in [1.165, 1.54) is 0 Å². The van der Waals surface area contributed by atoms with E-state index in [4.69, 9.17) is 4.74 Å². The van der Waals surface area contributed by atoms with E-state index >= 15 is 0 Å². The second-order valence-electron chi connectivity index (χ2n) is 3.42. The predicted octanol–water partition coefficient (Wildman–Crippen LogP) is 0.595. The van der Waals surface area contributed by atoms with Crippen molar-refractivity contribution in [3.8, 4) is 0 Å². The first kappa shape index (κ1) is 14.7. The third-order valence-corrected chi connectivity index (χ3v) is 2.50. The Bertz CT molecular complexity index is 178. The Morgan fingerprint density at radius 2 is 2.27 bits per heavy atom. The van der Waals surface area contributed by atoms with Crippen LogP contribution in [0, 0.1) is 0 Å². The number of carbonyl (C=O) groups is 1. The molecule has 4 nitrogen and oxygen atoms in total. The summed E-state index contributed by atoms with van der Waals surface area (Å²) in [5, 5.41) is 9.57. The Balaban J connectivity index is 3.62. The summed E-state index contributed by atoms with van der Waals surface area (Å²) in [6, 6.07) is 0. The zero-order valence-electron chi connectivity index (χ0n) is 9.73. The Morgan fingerprint density at radius 3 is 2.80 bits per heavy atom. The van der Waals surface area contributed by atoms with E-state index in [9.17, 15) is 9.90 Å². The average Bonchev–Trinajstić information content (AvgIpc) is 2.14. The van der Waals surface area contributed by atoms with E-state index in [-0.39, 0.29) is 12.4 Å². The van der Waals surface area contributed by atoms with Crippen LogP contribution in [0.2, 0.25) is 0 Å². The first-order valence-electron chi connectivity index (χ1n) is 5.11. The lowest BCUT2D eigenvalue weighted by atomic mass is 10.2. The molecule has 1 N–H and O–H groups in total. The third kappa shape index (κ3) is 8.72. The molecule has 0 aromatic carbocycles. The standard InChI is InChI=1S/C10H21NO3S/c1-4-14-10(13)7-9(12)8-11(2)5-6-15-3/h9,12H,4-8H2,1-3H3. The van der Waals surface area contributed by atoms with Crippen molar-refractivity contribution >= 4 is 17.7 Å². The van der Waals surface area contributed by atoms with Gasteiger partial charge in [0.2, 0.25) is 0 Å². The minimum absolute atomic E-state index is 0.0808. The highest BCUT2D eigenvalue weighted by atomic mass is 32.2. The van der Waals surface area contributed by atoms with Crippen molar-refractivity contribution in [3.63, 3.8) is 0 Å². The number of nitrogens with zero attached hydrogens (tertiary/aromatic N) is 1. The van der Waals surface area contributed by atoms with Gasteiger partial charge in [0.25, 0.3) is 0 Å². The highest BCUT2D eigenvalue weighted by Gasteiger charge is 2.13. The van der Waals surface area contributed by atoms with Crippen LogP contribution in [-0.4, -0.2) is 60.8 Å². The van der Waals surface area contributed by atoms with Gasteiger partial charge in [0, 0.05) is 18.8 Å². The molecule has 15 heavy (non-hydrogen) atoms. The molecule has 0 aliphatic carbocycles. The molecule has 0 aliphatic heterocycles. The van der Waals surface area contributed by atoms with Gasteiger partial charge < -0.3 is 14.7 Å². The molecule has 0 fully saturated rings. The van der Waals surface area contributed by atoms with Crippen LogP contribution in [0.25, 0.3) is 0 Å². The Hall–Kier alpha value is -0.260. The van der Waals surface area contributed by atoms with Crippen LogP contribution >= 0.6 is 11.8 Å². The van der Waals surface area contributed by atoms with Gasteiger partial charge in [-0.3, -0.25) is 4.79 Å². The number of carbonyl (C=O) groups excluding carboxylic acids is 1. The molecule has 0 bridgehead atoms. The van der Waals surface area contributed by atoms with Crippen LogP contribution in [0.1, 0.15) is 13.3 Å². The highest BCUT2D eigenvalue weighted by molar-refractivity contribution is 7.98. The quantitative estimate of drug-likeness (QED) is 0.624. The fourth-order valence-electron chi connectivity index (χ4n) is 1.18. The Morgan fingerprint density at radius 1 is 1.60 bits per heavy atom. The fraction of sp³-hybridized carbons (Fsp3) is 0.900. The topological polar surface area (TPSA) is 49.8 Å². The molecule has 0 rings (SSSR count). The predicted molar refractivity (Wildman–Crippen MR) is 63.1 cm³/mol. The van der Waals surface area contributed by atoms with Crippen LogP contribution < -0.4 is 0 Å². The first-order valence-corrected chi connectivity index (χ1v) is 6.50. The number of hydrogen-bond donors (Lipinski definition) is 1. The molecule has 0 aromatic rings.